The SMILES string of the molecule is CCc1nncn1-c1cc(C(=O)O)ccc1C. The molecule has 0 saturated heterocycles. The predicted molar refractivity (Wildman–Crippen MR) is 62.4 cm³/mol. The van der Waals surface area contributed by atoms with Gasteiger partial charge in [0.1, 0.15) is 12.2 Å². The molecule has 1 aromatic heterocycles. The average Bonchev–Trinajstić information content (AvgIpc) is 2.77. The summed E-state index contributed by atoms with van der Waals surface area (Å²) >= 11 is 0. The number of carboxylic acids is 1. The molecule has 88 valence electrons. The minimum atomic E-state index is -0.933. The third-order valence-electron chi connectivity index (χ3n) is 2.65. The first-order valence-corrected chi connectivity index (χ1v) is 5.36. The lowest BCUT2D eigenvalue weighted by Crippen LogP contribution is -2.04. The highest BCUT2D eigenvalue weighted by molar-refractivity contribution is 5.88. The number of aryl methyl sites for hydroxylation is 2. The monoisotopic (exact) mass is 231 g/mol. The van der Waals surface area contributed by atoms with Crippen molar-refractivity contribution < 1.29 is 9.90 Å². The summed E-state index contributed by atoms with van der Waals surface area (Å²) in [7, 11) is 0. The predicted octanol–water partition coefficient (Wildman–Crippen LogP) is 1.84. The molecule has 17 heavy (non-hydrogen) atoms. The van der Waals surface area contributed by atoms with Crippen molar-refractivity contribution in [3.8, 4) is 5.69 Å². The largest absolute Gasteiger partial charge is 0.478 e. The highest BCUT2D eigenvalue weighted by Gasteiger charge is 2.10. The molecule has 0 spiro atoms. The van der Waals surface area contributed by atoms with Crippen LogP contribution in [0.25, 0.3) is 5.69 Å². The smallest absolute Gasteiger partial charge is 0.335 e. The van der Waals surface area contributed by atoms with Crippen LogP contribution in [0.1, 0.15) is 28.7 Å². The number of hydrogen-bond acceptors (Lipinski definition) is 3. The zero-order chi connectivity index (χ0) is 12.4. The molecule has 0 aliphatic heterocycles. The second-order valence-corrected chi connectivity index (χ2v) is 3.78. The average molecular weight is 231 g/mol. The summed E-state index contributed by atoms with van der Waals surface area (Å²) in [4.78, 5) is 10.9. The molecule has 0 aliphatic carbocycles. The van der Waals surface area contributed by atoms with E-state index in [0.717, 1.165) is 23.5 Å². The van der Waals surface area contributed by atoms with Crippen LogP contribution in [0, 0.1) is 6.92 Å². The second kappa shape index (κ2) is 4.37. The van der Waals surface area contributed by atoms with Crippen LogP contribution in [0.3, 0.4) is 0 Å². The Morgan fingerprint density at radius 3 is 2.88 bits per heavy atom. The Labute approximate surface area is 98.7 Å². The van der Waals surface area contributed by atoms with Crippen molar-refractivity contribution in [1.82, 2.24) is 14.8 Å². The summed E-state index contributed by atoms with van der Waals surface area (Å²) < 4.78 is 1.82. The van der Waals surface area contributed by atoms with Gasteiger partial charge in [0, 0.05) is 6.42 Å². The van der Waals surface area contributed by atoms with E-state index in [1.807, 2.05) is 18.4 Å². The topological polar surface area (TPSA) is 68.0 Å². The number of carboxylic acid groups (broad SMARTS) is 1. The van der Waals surface area contributed by atoms with Crippen LogP contribution in [0.5, 0.6) is 0 Å². The summed E-state index contributed by atoms with van der Waals surface area (Å²) in [5.41, 5.74) is 2.07. The van der Waals surface area contributed by atoms with Crippen molar-refractivity contribution in [3.05, 3.63) is 41.5 Å². The molecule has 0 saturated carbocycles. The van der Waals surface area contributed by atoms with E-state index in [1.54, 1.807) is 24.5 Å². The van der Waals surface area contributed by atoms with Gasteiger partial charge in [0.25, 0.3) is 0 Å². The molecule has 1 aromatic carbocycles. The van der Waals surface area contributed by atoms with E-state index in [-0.39, 0.29) is 5.56 Å². The van der Waals surface area contributed by atoms with Gasteiger partial charge in [0.05, 0.1) is 11.3 Å². The van der Waals surface area contributed by atoms with E-state index in [1.165, 1.54) is 0 Å². The molecule has 2 rings (SSSR count). The molecule has 1 N–H and O–H groups in total. The lowest BCUT2D eigenvalue weighted by Gasteiger charge is -2.09. The van der Waals surface area contributed by atoms with Gasteiger partial charge in [-0.3, -0.25) is 4.57 Å². The fourth-order valence-electron chi connectivity index (χ4n) is 1.70. The van der Waals surface area contributed by atoms with E-state index < -0.39 is 5.97 Å². The Morgan fingerprint density at radius 1 is 1.47 bits per heavy atom. The molecule has 2 aromatic rings. The fourth-order valence-corrected chi connectivity index (χ4v) is 1.70. The minimum Gasteiger partial charge on any atom is -0.478 e. The van der Waals surface area contributed by atoms with Gasteiger partial charge in [0.2, 0.25) is 0 Å². The van der Waals surface area contributed by atoms with Gasteiger partial charge in [-0.1, -0.05) is 13.0 Å². The number of aromatic carboxylic acids is 1. The first-order valence-electron chi connectivity index (χ1n) is 5.36. The molecule has 0 radical (unpaired) electrons. The molecule has 0 bridgehead atoms. The van der Waals surface area contributed by atoms with Crippen molar-refractivity contribution in [2.45, 2.75) is 20.3 Å². The van der Waals surface area contributed by atoms with Crippen LogP contribution in [0.2, 0.25) is 0 Å². The highest BCUT2D eigenvalue weighted by atomic mass is 16.4. The Kier molecular flexibility index (Phi) is 2.91. The van der Waals surface area contributed by atoms with Crippen LogP contribution in [-0.2, 0) is 6.42 Å². The summed E-state index contributed by atoms with van der Waals surface area (Å²) in [5, 5.41) is 16.8. The maximum absolute atomic E-state index is 10.9. The van der Waals surface area contributed by atoms with E-state index in [0.29, 0.717) is 0 Å². The van der Waals surface area contributed by atoms with Crippen molar-refractivity contribution in [1.29, 1.82) is 0 Å². The Hall–Kier alpha value is -2.17. The third kappa shape index (κ3) is 2.04. The molecule has 0 fully saturated rings. The van der Waals surface area contributed by atoms with E-state index in [2.05, 4.69) is 10.2 Å². The molecule has 0 unspecified atom stereocenters. The molecule has 0 amide bonds. The second-order valence-electron chi connectivity index (χ2n) is 3.78. The number of carbonyl (C=O) groups is 1. The van der Waals surface area contributed by atoms with Crippen molar-refractivity contribution in [2.75, 3.05) is 0 Å². The van der Waals surface area contributed by atoms with Gasteiger partial charge in [-0.05, 0) is 24.6 Å². The van der Waals surface area contributed by atoms with Crippen molar-refractivity contribution in [2.24, 2.45) is 0 Å². The van der Waals surface area contributed by atoms with Gasteiger partial charge >= 0.3 is 5.97 Å². The van der Waals surface area contributed by atoms with Crippen molar-refractivity contribution >= 4 is 5.97 Å². The van der Waals surface area contributed by atoms with Crippen LogP contribution < -0.4 is 0 Å². The minimum absolute atomic E-state index is 0.265. The maximum atomic E-state index is 10.9. The summed E-state index contributed by atoms with van der Waals surface area (Å²) in [5.74, 6) is -0.118. The molecule has 5 heteroatoms. The number of rotatable bonds is 3. The first kappa shape index (κ1) is 11.3. The quantitative estimate of drug-likeness (QED) is 0.875. The molecular weight excluding hydrogens is 218 g/mol. The van der Waals surface area contributed by atoms with Crippen molar-refractivity contribution in [3.63, 3.8) is 0 Å². The van der Waals surface area contributed by atoms with Gasteiger partial charge in [-0.15, -0.1) is 10.2 Å². The van der Waals surface area contributed by atoms with Crippen LogP contribution in [0.4, 0.5) is 0 Å². The van der Waals surface area contributed by atoms with Crippen LogP contribution in [0.15, 0.2) is 24.5 Å². The Morgan fingerprint density at radius 2 is 2.24 bits per heavy atom. The number of nitrogens with zero attached hydrogens (tertiary/aromatic N) is 3. The standard InChI is InChI=1S/C12H13N3O2/c1-3-11-14-13-7-15(11)10-6-9(12(16)17)5-4-8(10)2/h4-7H,3H2,1-2H3,(H,16,17). The molecule has 0 aliphatic rings. The van der Waals surface area contributed by atoms with Crippen LogP contribution >= 0.6 is 0 Å². The van der Waals surface area contributed by atoms with Gasteiger partial charge < -0.3 is 5.11 Å². The molecule has 1 heterocycles. The van der Waals surface area contributed by atoms with Gasteiger partial charge in [0.15, 0.2) is 0 Å². The summed E-state index contributed by atoms with van der Waals surface area (Å²) in [6.07, 6.45) is 2.35. The molecule has 0 atom stereocenters. The molecular formula is C12H13N3O2. The van der Waals surface area contributed by atoms with Crippen LogP contribution in [-0.4, -0.2) is 25.8 Å². The number of benzene rings is 1. The normalized spacial score (nSPS) is 10.5. The highest BCUT2D eigenvalue weighted by Crippen LogP contribution is 2.17. The van der Waals surface area contributed by atoms with E-state index in [4.69, 9.17) is 5.11 Å². The number of hydrogen-bond donors (Lipinski definition) is 1. The Balaban J connectivity index is 2.58. The zero-order valence-corrected chi connectivity index (χ0v) is 9.71. The van der Waals surface area contributed by atoms with Gasteiger partial charge in [-0.2, -0.15) is 0 Å². The first-order chi connectivity index (χ1) is 8.13. The number of aromatic nitrogens is 3. The van der Waals surface area contributed by atoms with Gasteiger partial charge in [-0.25, -0.2) is 4.79 Å². The van der Waals surface area contributed by atoms with E-state index in [9.17, 15) is 4.79 Å². The maximum Gasteiger partial charge on any atom is 0.335 e. The summed E-state index contributed by atoms with van der Waals surface area (Å²) in [6, 6.07) is 5.02. The lowest BCUT2D eigenvalue weighted by atomic mass is 10.1. The summed E-state index contributed by atoms with van der Waals surface area (Å²) in [6.45, 7) is 3.91. The fraction of sp³-hybridized carbons (Fsp3) is 0.250. The van der Waals surface area contributed by atoms with E-state index >= 15 is 0 Å². The molecule has 5 nitrogen and oxygen atoms in total. The zero-order valence-electron chi connectivity index (χ0n) is 9.71. The Bertz CT molecular complexity index is 561. The third-order valence-corrected chi connectivity index (χ3v) is 2.65. The lowest BCUT2D eigenvalue weighted by molar-refractivity contribution is 0.0697.